The Hall–Kier alpha value is -1.93. The molecule has 0 bridgehead atoms. The van der Waals surface area contributed by atoms with E-state index in [2.05, 4.69) is 30.5 Å². The minimum Gasteiger partial charge on any atom is -0.351 e. The molecule has 2 N–H and O–H groups in total. The summed E-state index contributed by atoms with van der Waals surface area (Å²) in [6.07, 6.45) is 10.6. The molecule has 4 rings (SSSR count). The summed E-state index contributed by atoms with van der Waals surface area (Å²) in [5, 5.41) is 19.5. The summed E-state index contributed by atoms with van der Waals surface area (Å²) in [6.45, 7) is 3.64. The molecule has 0 spiro atoms. The summed E-state index contributed by atoms with van der Waals surface area (Å²) in [7, 11) is 0. The molecule has 1 saturated heterocycles. The molecule has 0 radical (unpaired) electrons. The lowest BCUT2D eigenvalue weighted by molar-refractivity contribution is 0.0946. The van der Waals surface area contributed by atoms with Crippen LogP contribution in [-0.4, -0.2) is 50.1 Å². The van der Waals surface area contributed by atoms with Gasteiger partial charge in [0.2, 0.25) is 0 Å². The lowest BCUT2D eigenvalue weighted by Gasteiger charge is -2.22. The van der Waals surface area contributed by atoms with E-state index in [1.165, 1.54) is 19.3 Å². The molecule has 1 amide bonds. The summed E-state index contributed by atoms with van der Waals surface area (Å²) in [6, 6.07) is 2.16. The first-order valence-corrected chi connectivity index (χ1v) is 10.3. The summed E-state index contributed by atoms with van der Waals surface area (Å²) >= 11 is 0. The Morgan fingerprint density at radius 3 is 3.04 bits per heavy atom. The molecular weight excluding hydrogens is 378 g/mol. The summed E-state index contributed by atoms with van der Waals surface area (Å²) in [4.78, 5) is 12.3. The van der Waals surface area contributed by atoms with E-state index in [9.17, 15) is 4.79 Å². The zero-order valence-corrected chi connectivity index (χ0v) is 17.1. The van der Waals surface area contributed by atoms with Gasteiger partial charge in [0.1, 0.15) is 17.3 Å². The number of piperidine rings is 1. The second-order valence-corrected chi connectivity index (χ2v) is 7.54. The Morgan fingerprint density at radius 1 is 1.25 bits per heavy atom. The largest absolute Gasteiger partial charge is 0.351 e. The molecule has 0 aliphatic carbocycles. The van der Waals surface area contributed by atoms with Crippen molar-refractivity contribution in [2.75, 3.05) is 19.6 Å². The normalized spacial score (nSPS) is 19.4. The van der Waals surface area contributed by atoms with Crippen LogP contribution in [0.2, 0.25) is 0 Å². The van der Waals surface area contributed by atoms with Crippen LogP contribution < -0.4 is 10.6 Å². The third-order valence-electron chi connectivity index (χ3n) is 5.53. The van der Waals surface area contributed by atoms with E-state index in [0.717, 1.165) is 63.4 Å². The highest BCUT2D eigenvalue weighted by molar-refractivity contribution is 5.92. The van der Waals surface area contributed by atoms with Gasteiger partial charge in [0.15, 0.2) is 0 Å². The first-order valence-electron chi connectivity index (χ1n) is 10.3. The van der Waals surface area contributed by atoms with E-state index < -0.39 is 0 Å². The van der Waals surface area contributed by atoms with Gasteiger partial charge in [-0.2, -0.15) is 5.10 Å². The number of halogens is 1. The monoisotopic (exact) mass is 407 g/mol. The van der Waals surface area contributed by atoms with Crippen molar-refractivity contribution >= 4 is 18.3 Å². The maximum Gasteiger partial charge on any atom is 0.271 e. The molecule has 0 saturated carbocycles. The van der Waals surface area contributed by atoms with Crippen LogP contribution in [0.25, 0.3) is 0 Å². The van der Waals surface area contributed by atoms with E-state index in [1.54, 1.807) is 0 Å². The van der Waals surface area contributed by atoms with Gasteiger partial charge in [-0.1, -0.05) is 6.42 Å². The van der Waals surface area contributed by atoms with Crippen LogP contribution in [0.4, 0.5) is 0 Å². The van der Waals surface area contributed by atoms with Crippen LogP contribution >= 0.6 is 12.4 Å². The van der Waals surface area contributed by atoms with E-state index in [1.807, 2.05) is 16.9 Å². The highest BCUT2D eigenvalue weighted by atomic mass is 35.5. The third-order valence-corrected chi connectivity index (χ3v) is 5.53. The molecule has 0 aromatic carbocycles. The van der Waals surface area contributed by atoms with Gasteiger partial charge in [0, 0.05) is 38.7 Å². The number of nitrogens with zero attached hydrogens (tertiary/aromatic N) is 5. The van der Waals surface area contributed by atoms with Gasteiger partial charge < -0.3 is 15.2 Å². The number of hydrogen-bond donors (Lipinski definition) is 2. The van der Waals surface area contributed by atoms with Crippen LogP contribution in [0.5, 0.6) is 0 Å². The summed E-state index contributed by atoms with van der Waals surface area (Å²) in [5.74, 6) is 2.07. The SMILES string of the molecule is Cl.O=C(NCCCc1nnc2n1CCCCC2)c1ccn(C2CCCNC2)n1. The minimum absolute atomic E-state index is 0. The third kappa shape index (κ3) is 4.91. The van der Waals surface area contributed by atoms with Crippen molar-refractivity contribution in [2.45, 2.75) is 64.0 Å². The lowest BCUT2D eigenvalue weighted by Crippen LogP contribution is -2.32. The minimum atomic E-state index is -0.0995. The molecule has 28 heavy (non-hydrogen) atoms. The average molecular weight is 408 g/mol. The number of nitrogens with one attached hydrogen (secondary N) is 2. The van der Waals surface area contributed by atoms with Crippen molar-refractivity contribution in [3.63, 3.8) is 0 Å². The number of hydrogen-bond acceptors (Lipinski definition) is 5. The molecule has 4 heterocycles. The van der Waals surface area contributed by atoms with Gasteiger partial charge in [-0.15, -0.1) is 22.6 Å². The molecule has 1 unspecified atom stereocenters. The quantitative estimate of drug-likeness (QED) is 0.714. The van der Waals surface area contributed by atoms with Crippen molar-refractivity contribution < 1.29 is 4.79 Å². The Labute approximate surface area is 171 Å². The van der Waals surface area contributed by atoms with Crippen LogP contribution in [0.3, 0.4) is 0 Å². The molecule has 9 heteroatoms. The molecule has 2 aromatic rings. The average Bonchev–Trinajstić information content (AvgIpc) is 3.28. The number of carbonyl (C=O) groups is 1. The smallest absolute Gasteiger partial charge is 0.271 e. The van der Waals surface area contributed by atoms with Crippen molar-refractivity contribution in [3.8, 4) is 0 Å². The Morgan fingerprint density at radius 2 is 2.18 bits per heavy atom. The number of aryl methyl sites for hydroxylation is 2. The van der Waals surface area contributed by atoms with E-state index in [0.29, 0.717) is 18.3 Å². The predicted octanol–water partition coefficient (Wildman–Crippen LogP) is 1.91. The fourth-order valence-corrected chi connectivity index (χ4v) is 3.99. The second kappa shape index (κ2) is 10.0. The van der Waals surface area contributed by atoms with Gasteiger partial charge in [-0.05, 0) is 44.7 Å². The molecule has 1 atom stereocenters. The van der Waals surface area contributed by atoms with E-state index in [4.69, 9.17) is 0 Å². The number of amides is 1. The molecule has 8 nitrogen and oxygen atoms in total. The fraction of sp³-hybridized carbons (Fsp3) is 0.684. The summed E-state index contributed by atoms with van der Waals surface area (Å²) in [5.41, 5.74) is 0.497. The standard InChI is InChI=1S/C19H29N7O.ClH/c27-19(16-9-13-26(24-16)15-6-4-10-20-14-15)21-11-5-8-18-23-22-17-7-2-1-3-12-25(17)18;/h9,13,15,20H,1-8,10-12,14H2,(H,21,27);1H. The molecule has 2 aliphatic heterocycles. The van der Waals surface area contributed by atoms with Gasteiger partial charge in [-0.25, -0.2) is 0 Å². The highest BCUT2D eigenvalue weighted by Gasteiger charge is 2.18. The Balaban J connectivity index is 0.00000225. The first kappa shape index (κ1) is 20.8. The predicted molar refractivity (Wildman–Crippen MR) is 109 cm³/mol. The van der Waals surface area contributed by atoms with Crippen molar-refractivity contribution in [2.24, 2.45) is 0 Å². The van der Waals surface area contributed by atoms with Crippen molar-refractivity contribution in [1.82, 2.24) is 35.2 Å². The first-order chi connectivity index (χ1) is 13.3. The topological polar surface area (TPSA) is 89.7 Å². The molecule has 154 valence electrons. The van der Waals surface area contributed by atoms with Crippen LogP contribution in [0.1, 0.15) is 66.7 Å². The van der Waals surface area contributed by atoms with Gasteiger partial charge in [0.25, 0.3) is 5.91 Å². The number of fused-ring (bicyclic) bond motifs is 1. The number of aromatic nitrogens is 5. The van der Waals surface area contributed by atoms with Gasteiger partial charge in [0.05, 0.1) is 6.04 Å². The summed E-state index contributed by atoms with van der Waals surface area (Å²) < 4.78 is 4.20. The zero-order valence-electron chi connectivity index (χ0n) is 16.3. The van der Waals surface area contributed by atoms with E-state index in [-0.39, 0.29) is 18.3 Å². The molecule has 2 aliphatic rings. The molecular formula is C19H30ClN7O. The Kier molecular flexibility index (Phi) is 7.44. The van der Waals surface area contributed by atoms with Gasteiger partial charge in [-0.3, -0.25) is 9.48 Å². The van der Waals surface area contributed by atoms with Crippen molar-refractivity contribution in [1.29, 1.82) is 0 Å². The second-order valence-electron chi connectivity index (χ2n) is 7.54. The number of rotatable bonds is 6. The highest BCUT2D eigenvalue weighted by Crippen LogP contribution is 2.16. The zero-order chi connectivity index (χ0) is 18.5. The maximum absolute atomic E-state index is 12.3. The lowest BCUT2D eigenvalue weighted by atomic mass is 10.1. The van der Waals surface area contributed by atoms with Gasteiger partial charge >= 0.3 is 0 Å². The fourth-order valence-electron chi connectivity index (χ4n) is 3.99. The number of carbonyl (C=O) groups excluding carboxylic acids is 1. The molecule has 2 aromatic heterocycles. The maximum atomic E-state index is 12.3. The van der Waals surface area contributed by atoms with Crippen LogP contribution in [0.15, 0.2) is 12.3 Å². The van der Waals surface area contributed by atoms with Crippen molar-refractivity contribution in [3.05, 3.63) is 29.6 Å². The van der Waals surface area contributed by atoms with Crippen LogP contribution in [0, 0.1) is 0 Å². The Bertz CT molecular complexity index is 766. The molecule has 1 fully saturated rings. The van der Waals surface area contributed by atoms with Crippen LogP contribution in [-0.2, 0) is 19.4 Å². The van der Waals surface area contributed by atoms with E-state index >= 15 is 0 Å².